The smallest absolute Gasteiger partial charge is 0.251 e. The number of halogens is 2. The second-order valence-electron chi connectivity index (χ2n) is 4.14. The Hall–Kier alpha value is -0.850. The Labute approximate surface area is 119 Å². The van der Waals surface area contributed by atoms with Crippen molar-refractivity contribution in [3.05, 3.63) is 33.2 Å². The third-order valence-electron chi connectivity index (χ3n) is 2.72. The molecule has 1 amide bonds. The molecule has 5 nitrogen and oxygen atoms in total. The van der Waals surface area contributed by atoms with E-state index in [2.05, 4.69) is 26.6 Å². The Morgan fingerprint density at radius 1 is 1.50 bits per heavy atom. The summed E-state index contributed by atoms with van der Waals surface area (Å²) in [5, 5.41) is 5.96. The quantitative estimate of drug-likeness (QED) is 0.835. The van der Waals surface area contributed by atoms with Crippen LogP contribution in [0.1, 0.15) is 0 Å². The molecule has 7 heteroatoms. The third kappa shape index (κ3) is 4.12. The molecule has 0 unspecified atom stereocenters. The fourth-order valence-corrected chi connectivity index (χ4v) is 1.97. The van der Waals surface area contributed by atoms with Crippen LogP contribution in [0, 0.1) is 5.92 Å². The van der Waals surface area contributed by atoms with Crippen LogP contribution in [0.25, 0.3) is 0 Å². The van der Waals surface area contributed by atoms with E-state index in [-0.39, 0.29) is 30.4 Å². The first kappa shape index (κ1) is 15.2. The molecular formula is C11H15BrClN3O2. The van der Waals surface area contributed by atoms with Crippen LogP contribution in [0.4, 0.5) is 0 Å². The second kappa shape index (κ2) is 6.92. The molecule has 1 aromatic rings. The number of hydrogen-bond donors (Lipinski definition) is 2. The standard InChI is InChI=1S/C11H14BrN3O2.ClH/c12-9-1-2-11(17)15(6-9)7-10(16)14-5-8-3-13-4-8;/h1-2,6,8,13H,3-5,7H2,(H,14,16);1H. The lowest BCUT2D eigenvalue weighted by atomic mass is 10.0. The van der Waals surface area contributed by atoms with Crippen molar-refractivity contribution >= 4 is 34.2 Å². The first-order valence-corrected chi connectivity index (χ1v) is 6.28. The highest BCUT2D eigenvalue weighted by Crippen LogP contribution is 2.04. The van der Waals surface area contributed by atoms with Crippen LogP contribution in [-0.2, 0) is 11.3 Å². The molecule has 2 heterocycles. The summed E-state index contributed by atoms with van der Waals surface area (Å²) in [5.74, 6) is 0.398. The Morgan fingerprint density at radius 3 is 2.83 bits per heavy atom. The lowest BCUT2D eigenvalue weighted by Gasteiger charge is -2.27. The first-order valence-electron chi connectivity index (χ1n) is 5.48. The van der Waals surface area contributed by atoms with Crippen LogP contribution in [0.5, 0.6) is 0 Å². The van der Waals surface area contributed by atoms with Crippen molar-refractivity contribution in [2.75, 3.05) is 19.6 Å². The molecule has 1 fully saturated rings. The maximum Gasteiger partial charge on any atom is 0.251 e. The zero-order valence-electron chi connectivity index (χ0n) is 9.69. The van der Waals surface area contributed by atoms with Crippen LogP contribution in [0.15, 0.2) is 27.6 Å². The van der Waals surface area contributed by atoms with Gasteiger partial charge in [-0.05, 0) is 22.0 Å². The van der Waals surface area contributed by atoms with Gasteiger partial charge in [-0.2, -0.15) is 0 Å². The molecule has 18 heavy (non-hydrogen) atoms. The monoisotopic (exact) mass is 335 g/mol. The molecule has 0 radical (unpaired) electrons. The van der Waals surface area contributed by atoms with Crippen molar-refractivity contribution in [2.45, 2.75) is 6.54 Å². The minimum atomic E-state index is -0.173. The fourth-order valence-electron chi connectivity index (χ4n) is 1.59. The Balaban J connectivity index is 0.00000162. The van der Waals surface area contributed by atoms with Gasteiger partial charge in [-0.3, -0.25) is 9.59 Å². The van der Waals surface area contributed by atoms with Crippen LogP contribution >= 0.6 is 28.3 Å². The molecule has 100 valence electrons. The molecule has 0 aromatic carbocycles. The van der Waals surface area contributed by atoms with Gasteiger partial charge in [-0.25, -0.2) is 0 Å². The highest BCUT2D eigenvalue weighted by atomic mass is 79.9. The largest absolute Gasteiger partial charge is 0.354 e. The van der Waals surface area contributed by atoms with Gasteiger partial charge >= 0.3 is 0 Å². The minimum Gasteiger partial charge on any atom is -0.354 e. The van der Waals surface area contributed by atoms with E-state index in [9.17, 15) is 9.59 Å². The summed E-state index contributed by atoms with van der Waals surface area (Å²) < 4.78 is 2.17. The van der Waals surface area contributed by atoms with Gasteiger partial charge in [0.1, 0.15) is 6.54 Å². The average Bonchev–Trinajstić information content (AvgIpc) is 2.21. The van der Waals surface area contributed by atoms with Crippen LogP contribution < -0.4 is 16.2 Å². The average molecular weight is 337 g/mol. The predicted octanol–water partition coefficient (Wildman–Crippen LogP) is 0.368. The van der Waals surface area contributed by atoms with Gasteiger partial charge < -0.3 is 15.2 Å². The van der Waals surface area contributed by atoms with Crippen molar-refractivity contribution in [3.8, 4) is 0 Å². The number of hydrogen-bond acceptors (Lipinski definition) is 3. The van der Waals surface area contributed by atoms with Gasteiger partial charge in [0.2, 0.25) is 5.91 Å². The Kier molecular flexibility index (Phi) is 5.84. The first-order chi connectivity index (χ1) is 8.15. The number of rotatable bonds is 4. The summed E-state index contributed by atoms with van der Waals surface area (Å²) in [4.78, 5) is 23.1. The van der Waals surface area contributed by atoms with Crippen molar-refractivity contribution < 1.29 is 4.79 Å². The van der Waals surface area contributed by atoms with E-state index in [0.29, 0.717) is 12.5 Å². The number of carbonyl (C=O) groups is 1. The van der Waals surface area contributed by atoms with Crippen molar-refractivity contribution in [3.63, 3.8) is 0 Å². The zero-order chi connectivity index (χ0) is 12.3. The number of aromatic nitrogens is 1. The molecule has 1 aliphatic rings. The predicted molar refractivity (Wildman–Crippen MR) is 75.0 cm³/mol. The number of amides is 1. The van der Waals surface area contributed by atoms with Crippen molar-refractivity contribution in [1.29, 1.82) is 0 Å². The maximum atomic E-state index is 11.6. The lowest BCUT2D eigenvalue weighted by Crippen LogP contribution is -2.48. The molecule has 2 rings (SSSR count). The molecule has 1 aliphatic heterocycles. The van der Waals surface area contributed by atoms with Crippen molar-refractivity contribution in [1.82, 2.24) is 15.2 Å². The molecule has 0 atom stereocenters. The normalized spacial score (nSPS) is 14.5. The highest BCUT2D eigenvalue weighted by molar-refractivity contribution is 9.10. The molecule has 1 saturated heterocycles. The van der Waals surface area contributed by atoms with Crippen molar-refractivity contribution in [2.24, 2.45) is 5.92 Å². The summed E-state index contributed by atoms with van der Waals surface area (Å²) >= 11 is 3.27. The second-order valence-corrected chi connectivity index (χ2v) is 5.06. The summed E-state index contributed by atoms with van der Waals surface area (Å²) in [7, 11) is 0. The van der Waals surface area contributed by atoms with Crippen LogP contribution in [0.2, 0.25) is 0 Å². The lowest BCUT2D eigenvalue weighted by molar-refractivity contribution is -0.122. The number of carbonyl (C=O) groups excluding carboxylic acids is 1. The van der Waals surface area contributed by atoms with Gasteiger partial charge in [0.05, 0.1) is 0 Å². The van der Waals surface area contributed by atoms with Gasteiger partial charge in [-0.1, -0.05) is 0 Å². The fraction of sp³-hybridized carbons (Fsp3) is 0.455. The molecular weight excluding hydrogens is 321 g/mol. The van der Waals surface area contributed by atoms with Crippen LogP contribution in [-0.4, -0.2) is 30.1 Å². The SMILES string of the molecule is Cl.O=C(Cn1cc(Br)ccc1=O)NCC1CNC1. The zero-order valence-corrected chi connectivity index (χ0v) is 12.1. The topological polar surface area (TPSA) is 63.1 Å². The number of nitrogens with zero attached hydrogens (tertiary/aromatic N) is 1. The van der Waals surface area contributed by atoms with Gasteiger partial charge in [-0.15, -0.1) is 12.4 Å². The molecule has 2 N–H and O–H groups in total. The summed E-state index contributed by atoms with van der Waals surface area (Å²) in [6.07, 6.45) is 1.62. The molecule has 1 aromatic heterocycles. The molecule has 0 spiro atoms. The van der Waals surface area contributed by atoms with E-state index >= 15 is 0 Å². The van der Waals surface area contributed by atoms with Gasteiger partial charge in [0, 0.05) is 42.3 Å². The van der Waals surface area contributed by atoms with E-state index in [1.54, 1.807) is 12.3 Å². The maximum absolute atomic E-state index is 11.6. The summed E-state index contributed by atoms with van der Waals surface area (Å²) in [5.41, 5.74) is -0.173. The Morgan fingerprint density at radius 2 is 2.22 bits per heavy atom. The van der Waals surface area contributed by atoms with Gasteiger partial charge in [0.15, 0.2) is 0 Å². The highest BCUT2D eigenvalue weighted by Gasteiger charge is 2.17. The molecule has 0 bridgehead atoms. The van der Waals surface area contributed by atoms with E-state index in [4.69, 9.17) is 0 Å². The Bertz CT molecular complexity index is 474. The summed E-state index contributed by atoms with van der Waals surface area (Å²) in [6, 6.07) is 3.10. The van der Waals surface area contributed by atoms with Gasteiger partial charge in [0.25, 0.3) is 5.56 Å². The number of pyridine rings is 1. The van der Waals surface area contributed by atoms with E-state index in [1.807, 2.05) is 0 Å². The molecule has 0 aliphatic carbocycles. The van der Waals surface area contributed by atoms with Crippen LogP contribution in [0.3, 0.4) is 0 Å². The van der Waals surface area contributed by atoms with E-state index < -0.39 is 0 Å². The van der Waals surface area contributed by atoms with E-state index in [1.165, 1.54) is 10.6 Å². The molecule has 0 saturated carbocycles. The summed E-state index contributed by atoms with van der Waals surface area (Å²) in [6.45, 7) is 2.65. The number of nitrogens with one attached hydrogen (secondary N) is 2. The van der Waals surface area contributed by atoms with E-state index in [0.717, 1.165) is 17.6 Å². The minimum absolute atomic E-state index is 0. The third-order valence-corrected chi connectivity index (χ3v) is 3.18.